The summed E-state index contributed by atoms with van der Waals surface area (Å²) in [5, 5.41) is 7.75. The number of nitrogens with zero attached hydrogens (tertiary/aromatic N) is 4. The van der Waals surface area contributed by atoms with Crippen LogP contribution in [0.25, 0.3) is 44.2 Å². The largest absolute Gasteiger partial charge is 0.453 e. The van der Waals surface area contributed by atoms with Crippen molar-refractivity contribution in [3.8, 4) is 22.4 Å². The van der Waals surface area contributed by atoms with Crippen LogP contribution >= 0.6 is 0 Å². The molecule has 4 N–H and O–H groups in total. The third-order valence-corrected chi connectivity index (χ3v) is 14.3. The number of aromatic amines is 2. The number of fused-ring (bicyclic) bond motifs is 6. The van der Waals surface area contributed by atoms with Crippen LogP contribution in [0.2, 0.25) is 0 Å². The quantitative estimate of drug-likeness (QED) is 0.115. The number of imidazole rings is 2. The van der Waals surface area contributed by atoms with E-state index in [0.29, 0.717) is 37.9 Å². The van der Waals surface area contributed by atoms with E-state index in [9.17, 15) is 19.2 Å². The van der Waals surface area contributed by atoms with Crippen molar-refractivity contribution in [1.29, 1.82) is 0 Å². The monoisotopic (exact) mass is 842 g/mol. The molecule has 5 fully saturated rings. The zero-order chi connectivity index (χ0) is 42.8. The van der Waals surface area contributed by atoms with Crippen molar-refractivity contribution in [1.82, 2.24) is 40.4 Å². The highest BCUT2D eigenvalue weighted by Gasteiger charge is 2.56. The number of likely N-dealkylation sites (tertiary alicyclic amines) is 2. The van der Waals surface area contributed by atoms with E-state index in [4.69, 9.17) is 24.2 Å². The van der Waals surface area contributed by atoms with Gasteiger partial charge in [0.15, 0.2) is 0 Å². The van der Waals surface area contributed by atoms with Gasteiger partial charge in [-0.3, -0.25) is 9.59 Å². The average Bonchev–Trinajstić information content (AvgIpc) is 3.92. The van der Waals surface area contributed by atoms with Crippen LogP contribution in [-0.2, 0) is 23.8 Å². The van der Waals surface area contributed by atoms with Crippen molar-refractivity contribution in [3.63, 3.8) is 0 Å². The highest BCUT2D eigenvalue weighted by molar-refractivity contribution is 6.05. The lowest BCUT2D eigenvalue weighted by atomic mass is 9.89. The van der Waals surface area contributed by atoms with E-state index >= 15 is 0 Å². The Morgan fingerprint density at radius 3 is 2.27 bits per heavy atom. The molecule has 15 heteroatoms. The summed E-state index contributed by atoms with van der Waals surface area (Å²) in [5.74, 6) is 1.98. The third kappa shape index (κ3) is 7.13. The van der Waals surface area contributed by atoms with Gasteiger partial charge in [0, 0.05) is 30.7 Å². The maximum absolute atomic E-state index is 14.4. The first-order chi connectivity index (χ1) is 30.1. The zero-order valence-electron chi connectivity index (χ0n) is 35.6. The Bertz CT molecular complexity index is 2530. The number of nitrogens with one attached hydrogen (secondary N) is 4. The molecule has 3 aromatic carbocycles. The molecule has 0 radical (unpaired) electrons. The molecule has 1 unspecified atom stereocenters. The molecule has 5 heterocycles. The van der Waals surface area contributed by atoms with Gasteiger partial charge in [-0.25, -0.2) is 19.6 Å². The molecular weight excluding hydrogens is 789 g/mol. The fourth-order valence-electron chi connectivity index (χ4n) is 11.0. The fourth-order valence-corrected chi connectivity index (χ4v) is 11.0. The molecule has 2 aliphatic carbocycles. The number of aromatic nitrogens is 4. The molecule has 2 bridgehead atoms. The number of carbonyl (C=O) groups is 4. The van der Waals surface area contributed by atoms with Gasteiger partial charge in [-0.05, 0) is 103 Å². The van der Waals surface area contributed by atoms with E-state index < -0.39 is 24.3 Å². The van der Waals surface area contributed by atoms with E-state index in [-0.39, 0.29) is 47.8 Å². The molecule has 5 aliphatic rings. The Morgan fingerprint density at radius 1 is 0.774 bits per heavy atom. The van der Waals surface area contributed by atoms with Crippen LogP contribution in [0.4, 0.5) is 9.59 Å². The van der Waals surface area contributed by atoms with Crippen LogP contribution in [-0.4, -0.2) is 105 Å². The summed E-state index contributed by atoms with van der Waals surface area (Å²) in [6.07, 6.45) is 6.76. The molecule has 324 valence electrons. The smallest absolute Gasteiger partial charge is 0.407 e. The number of piperidine rings is 2. The van der Waals surface area contributed by atoms with Crippen molar-refractivity contribution in [2.24, 2.45) is 23.7 Å². The Morgan fingerprint density at radius 2 is 1.52 bits per heavy atom. The Hall–Kier alpha value is -5.96. The van der Waals surface area contributed by atoms with Gasteiger partial charge in [0.2, 0.25) is 11.8 Å². The first-order valence-corrected chi connectivity index (χ1v) is 22.1. The highest BCUT2D eigenvalue weighted by atomic mass is 16.5. The number of carbonyl (C=O) groups excluding carboxylic acids is 4. The molecule has 5 aromatic rings. The number of rotatable bonds is 10. The van der Waals surface area contributed by atoms with Crippen LogP contribution in [0.15, 0.2) is 60.8 Å². The first kappa shape index (κ1) is 40.1. The molecule has 2 saturated carbocycles. The molecule has 0 spiro atoms. The molecule has 3 aliphatic heterocycles. The van der Waals surface area contributed by atoms with Crippen LogP contribution < -0.4 is 10.6 Å². The van der Waals surface area contributed by atoms with Crippen molar-refractivity contribution >= 4 is 45.8 Å². The lowest BCUT2D eigenvalue weighted by molar-refractivity contribution is -0.140. The van der Waals surface area contributed by atoms with Crippen LogP contribution in [0.3, 0.4) is 0 Å². The summed E-state index contributed by atoms with van der Waals surface area (Å²) in [4.78, 5) is 73.9. The second-order valence-electron chi connectivity index (χ2n) is 18.2. The second-order valence-corrected chi connectivity index (χ2v) is 18.2. The minimum atomic E-state index is -0.686. The summed E-state index contributed by atoms with van der Waals surface area (Å²) >= 11 is 0. The van der Waals surface area contributed by atoms with Crippen molar-refractivity contribution < 1.29 is 33.4 Å². The molecule has 8 atom stereocenters. The maximum Gasteiger partial charge on any atom is 0.407 e. The lowest BCUT2D eigenvalue weighted by Gasteiger charge is -2.39. The van der Waals surface area contributed by atoms with Gasteiger partial charge >= 0.3 is 12.2 Å². The van der Waals surface area contributed by atoms with E-state index in [0.717, 1.165) is 87.9 Å². The molecular formula is C47H54N8O7. The third-order valence-electron chi connectivity index (χ3n) is 14.3. The molecule has 10 rings (SSSR count). The Balaban J connectivity index is 0.865. The predicted octanol–water partition coefficient (Wildman–Crippen LogP) is 7.02. The zero-order valence-corrected chi connectivity index (χ0v) is 35.6. The molecule has 4 amide bonds. The number of hydrogen-bond donors (Lipinski definition) is 4. The average molecular weight is 843 g/mol. The number of amides is 4. The second kappa shape index (κ2) is 16.1. The molecule has 3 saturated heterocycles. The number of benzene rings is 3. The van der Waals surface area contributed by atoms with E-state index in [1.165, 1.54) is 14.2 Å². The fraction of sp³-hybridized carbons (Fsp3) is 0.489. The van der Waals surface area contributed by atoms with Crippen molar-refractivity contribution in [2.45, 2.75) is 95.0 Å². The van der Waals surface area contributed by atoms with Crippen molar-refractivity contribution in [3.05, 3.63) is 72.4 Å². The summed E-state index contributed by atoms with van der Waals surface area (Å²) in [5.41, 5.74) is 5.80. The van der Waals surface area contributed by atoms with Gasteiger partial charge in [-0.1, -0.05) is 56.3 Å². The SMILES string of the molecule is COC(=O)NC(C(=O)N1[C@@H]2CC[C@@H](C2)[C@H]1c1ncc(-c2ccc(-c3ccc4c(ccc5nc([C@@H]6C[C@H]7C[C@H]7N6C(=O)[C@@H](NC(=O)OC)C(C)C)[nH]c54)c3)cc2)[nH]1)C1CCOCC1. The van der Waals surface area contributed by atoms with Crippen LogP contribution in [0.1, 0.15) is 82.5 Å². The van der Waals surface area contributed by atoms with Gasteiger partial charge < -0.3 is 44.6 Å². The molecule has 15 nitrogen and oxygen atoms in total. The number of methoxy groups -OCH3 is 2. The lowest BCUT2D eigenvalue weighted by Crippen LogP contribution is -2.55. The van der Waals surface area contributed by atoms with Crippen LogP contribution in [0.5, 0.6) is 0 Å². The maximum atomic E-state index is 14.4. The topological polar surface area (TPSA) is 184 Å². The summed E-state index contributed by atoms with van der Waals surface area (Å²) in [7, 11) is 2.63. The first-order valence-electron chi connectivity index (χ1n) is 22.1. The van der Waals surface area contributed by atoms with E-state index in [1.807, 2.05) is 35.9 Å². The Kier molecular flexibility index (Phi) is 10.4. The van der Waals surface area contributed by atoms with Gasteiger partial charge in [-0.2, -0.15) is 0 Å². The number of H-pyrrole nitrogens is 2. The summed E-state index contributed by atoms with van der Waals surface area (Å²) in [6, 6.07) is 17.5. The van der Waals surface area contributed by atoms with Crippen LogP contribution in [0, 0.1) is 23.7 Å². The van der Waals surface area contributed by atoms with E-state index in [2.05, 4.69) is 69.1 Å². The number of ether oxygens (including phenoxy) is 3. The molecule has 62 heavy (non-hydrogen) atoms. The minimum Gasteiger partial charge on any atom is -0.453 e. The Labute approximate surface area is 359 Å². The molecule has 2 aromatic heterocycles. The standard InChI is InChI=1S/C47H54N8O7/c1-24(2)38(52-46(58)60-3)44(56)55-36-21-31(36)22-37(55)42-49-34-14-11-29-19-28(10-13-33(29)40(34)51-42)25-5-7-26(8-6-25)35-23-48-43(50-35)41-30-9-12-32(20-30)54(41)45(57)39(53-47(59)61-4)27-15-17-62-18-16-27/h5-8,10-11,13-14,19,23-24,27,30-32,36-39,41H,9,12,15-18,20-22H2,1-4H3,(H,48,50)(H,49,51)(H,52,58)(H,53,59)/t30-,31+,32+,36+,37-,38-,39?,41-/m0/s1. The highest BCUT2D eigenvalue weighted by Crippen LogP contribution is 2.54. The van der Waals surface area contributed by atoms with Crippen molar-refractivity contribution in [2.75, 3.05) is 27.4 Å². The number of hydrogen-bond acceptors (Lipinski definition) is 9. The number of alkyl carbamates (subject to hydrolysis) is 2. The van der Waals surface area contributed by atoms with Gasteiger partial charge in [0.1, 0.15) is 23.7 Å². The van der Waals surface area contributed by atoms with Gasteiger partial charge in [0.25, 0.3) is 0 Å². The van der Waals surface area contributed by atoms with E-state index in [1.54, 1.807) is 0 Å². The predicted molar refractivity (Wildman–Crippen MR) is 230 cm³/mol. The minimum absolute atomic E-state index is 0.0253. The van der Waals surface area contributed by atoms with Gasteiger partial charge in [0.05, 0.1) is 49.2 Å². The normalized spacial score (nSPS) is 25.2. The summed E-state index contributed by atoms with van der Waals surface area (Å²) < 4.78 is 15.3. The summed E-state index contributed by atoms with van der Waals surface area (Å²) in [6.45, 7) is 4.98. The van der Waals surface area contributed by atoms with Gasteiger partial charge in [-0.15, -0.1) is 0 Å².